The van der Waals surface area contributed by atoms with Crippen LogP contribution in [0.4, 0.5) is 0 Å². The van der Waals surface area contributed by atoms with Gasteiger partial charge >= 0.3 is 5.97 Å². The van der Waals surface area contributed by atoms with Gasteiger partial charge in [0.15, 0.2) is 12.4 Å². The fourth-order valence-electron chi connectivity index (χ4n) is 7.39. The second kappa shape index (κ2) is 45.2. The summed E-state index contributed by atoms with van der Waals surface area (Å²) in [4.78, 5) is 26.3. The van der Waals surface area contributed by atoms with Crippen LogP contribution in [0.25, 0.3) is 0 Å². The molecule has 8 atom stereocenters. The van der Waals surface area contributed by atoms with Crippen molar-refractivity contribution in [3.8, 4) is 0 Å². The van der Waals surface area contributed by atoms with Gasteiger partial charge in [-0.25, -0.2) is 0 Å². The third-order valence-corrected chi connectivity index (χ3v) is 11.6. The first-order valence-corrected chi connectivity index (χ1v) is 26.4. The van der Waals surface area contributed by atoms with Crippen LogP contribution < -0.4 is 5.32 Å². The van der Waals surface area contributed by atoms with Crippen LogP contribution >= 0.6 is 0 Å². The molecule has 11 heteroatoms. The number of ether oxygens (including phenoxy) is 3. The van der Waals surface area contributed by atoms with Gasteiger partial charge in [-0.05, 0) is 57.8 Å². The van der Waals surface area contributed by atoms with E-state index in [0.717, 1.165) is 70.6 Å². The lowest BCUT2D eigenvalue weighted by Crippen LogP contribution is -2.61. The maximum Gasteiger partial charge on any atom is 0.306 e. The van der Waals surface area contributed by atoms with Gasteiger partial charge in [0.25, 0.3) is 0 Å². The van der Waals surface area contributed by atoms with Gasteiger partial charge in [0.1, 0.15) is 24.4 Å². The molecule has 0 radical (unpaired) electrons. The zero-order chi connectivity index (χ0) is 50.4. The van der Waals surface area contributed by atoms with Crippen LogP contribution in [-0.4, -0.2) is 99.6 Å². The number of allylic oxidation sites excluding steroid dienone is 19. The highest BCUT2D eigenvalue weighted by Gasteiger charge is 2.47. The maximum atomic E-state index is 13.3. The zero-order valence-electron chi connectivity index (χ0n) is 42.6. The third-order valence-electron chi connectivity index (χ3n) is 11.6. The standard InChI is InChI=1S/C58H93NO10/c1-4-7-10-13-16-19-22-25-26-28-31-34-37-40-43-46-53(63)69-56-55(65)54(64)52(47-60)68-58(56)67-48-49(50(61)44-41-38-35-32-30-27-23-20-17-14-11-8-5-2)59-57(66)51(62)45-42-39-36-33-29-24-21-18-15-12-9-6-3/h7,9-10,12-13,15-16,18-19,21-22,24-26,29,33,36,39,41,44,49-52,54-56,58,60-62,64-65H,4-6,8,11,14,17,20,23,27-28,30-32,34-35,37-38,40,42-43,45-48H2,1-3H3,(H,59,66)/b10-7+,12-9+,16-13+,18-15+,22-19+,24-21-,26-25-,33-29-,39-36+,44-41+. The Hall–Kier alpha value is -3.94. The molecule has 11 nitrogen and oxygen atoms in total. The van der Waals surface area contributed by atoms with Crippen molar-refractivity contribution in [1.29, 1.82) is 0 Å². The van der Waals surface area contributed by atoms with Gasteiger partial charge in [-0.15, -0.1) is 0 Å². The van der Waals surface area contributed by atoms with Crippen molar-refractivity contribution in [3.05, 3.63) is 122 Å². The first kappa shape index (κ1) is 63.1. The van der Waals surface area contributed by atoms with E-state index in [1.165, 1.54) is 51.4 Å². The van der Waals surface area contributed by atoms with E-state index >= 15 is 0 Å². The lowest BCUT2D eigenvalue weighted by molar-refractivity contribution is -0.305. The minimum atomic E-state index is -1.64. The minimum Gasteiger partial charge on any atom is -0.454 e. The average Bonchev–Trinajstić information content (AvgIpc) is 3.34. The Labute approximate surface area is 417 Å². The van der Waals surface area contributed by atoms with Gasteiger partial charge in [0.05, 0.1) is 25.4 Å². The fraction of sp³-hybridized carbons (Fsp3) is 0.621. The second-order valence-corrected chi connectivity index (χ2v) is 17.7. The number of carbonyl (C=O) groups is 2. The molecule has 1 saturated heterocycles. The molecule has 1 heterocycles. The molecule has 1 aliphatic rings. The molecular weight excluding hydrogens is 871 g/mol. The van der Waals surface area contributed by atoms with Crippen LogP contribution in [0.2, 0.25) is 0 Å². The normalized spacial score (nSPS) is 20.8. The Balaban J connectivity index is 2.85. The number of esters is 1. The number of aliphatic hydroxyl groups excluding tert-OH is 5. The molecule has 1 aliphatic heterocycles. The van der Waals surface area contributed by atoms with E-state index in [9.17, 15) is 35.1 Å². The number of carbonyl (C=O) groups excluding carboxylic acids is 2. The topological polar surface area (TPSA) is 175 Å². The summed E-state index contributed by atoms with van der Waals surface area (Å²) in [5, 5.41) is 56.5. The third kappa shape index (κ3) is 34.1. The highest BCUT2D eigenvalue weighted by molar-refractivity contribution is 5.80. The molecule has 0 saturated carbocycles. The van der Waals surface area contributed by atoms with Gasteiger partial charge < -0.3 is 45.1 Å². The van der Waals surface area contributed by atoms with Gasteiger partial charge in [0, 0.05) is 6.42 Å². The van der Waals surface area contributed by atoms with Crippen molar-refractivity contribution >= 4 is 11.9 Å². The summed E-state index contributed by atoms with van der Waals surface area (Å²) < 4.78 is 17.5. The highest BCUT2D eigenvalue weighted by atomic mass is 16.7. The number of amides is 1. The van der Waals surface area contributed by atoms with Crippen molar-refractivity contribution in [3.63, 3.8) is 0 Å². The van der Waals surface area contributed by atoms with E-state index in [0.29, 0.717) is 12.8 Å². The number of unbranched alkanes of at least 4 members (excludes halogenated alkanes) is 16. The molecule has 0 aromatic heterocycles. The summed E-state index contributed by atoms with van der Waals surface area (Å²) in [5.74, 6) is -1.31. The lowest BCUT2D eigenvalue weighted by Gasteiger charge is -2.41. The van der Waals surface area contributed by atoms with Crippen LogP contribution in [0, 0.1) is 0 Å². The van der Waals surface area contributed by atoms with Crippen LogP contribution in [0.5, 0.6) is 0 Å². The van der Waals surface area contributed by atoms with E-state index in [4.69, 9.17) is 14.2 Å². The highest BCUT2D eigenvalue weighted by Crippen LogP contribution is 2.26. The van der Waals surface area contributed by atoms with E-state index < -0.39 is 67.4 Å². The SMILES string of the molecule is CC/C=C/C=C/C=C\C=C/C=C/CCC(O)C(=O)NC(COC1OC(CO)C(O)C(O)C1OC(=O)CCCCCCC\C=C/C=C/C=C/C=C/CC)C(O)/C=C/CCCCCCCCCCCCC. The Morgan fingerprint density at radius 2 is 1.04 bits per heavy atom. The van der Waals surface area contributed by atoms with Crippen molar-refractivity contribution in [1.82, 2.24) is 5.32 Å². The summed E-state index contributed by atoms with van der Waals surface area (Å²) in [6, 6.07) is -1.07. The van der Waals surface area contributed by atoms with E-state index in [1.807, 2.05) is 97.2 Å². The van der Waals surface area contributed by atoms with Crippen molar-refractivity contribution in [2.45, 2.75) is 217 Å². The van der Waals surface area contributed by atoms with E-state index in [-0.39, 0.29) is 19.4 Å². The predicted molar refractivity (Wildman–Crippen MR) is 282 cm³/mol. The Bertz CT molecular complexity index is 1570. The number of nitrogens with one attached hydrogen (secondary N) is 1. The Kier molecular flexibility index (Phi) is 41.3. The molecule has 0 aliphatic carbocycles. The van der Waals surface area contributed by atoms with Gasteiger partial charge in [-0.2, -0.15) is 0 Å². The molecule has 1 rings (SSSR count). The molecule has 0 aromatic carbocycles. The quantitative estimate of drug-likeness (QED) is 0.0150. The van der Waals surface area contributed by atoms with Gasteiger partial charge in [-0.3, -0.25) is 9.59 Å². The number of rotatable bonds is 41. The molecule has 8 unspecified atom stereocenters. The second-order valence-electron chi connectivity index (χ2n) is 17.7. The van der Waals surface area contributed by atoms with Crippen LogP contribution in [0.1, 0.15) is 168 Å². The number of hydrogen-bond acceptors (Lipinski definition) is 10. The van der Waals surface area contributed by atoms with Crippen LogP contribution in [0.3, 0.4) is 0 Å². The largest absolute Gasteiger partial charge is 0.454 e. The van der Waals surface area contributed by atoms with E-state index in [2.05, 4.69) is 44.3 Å². The smallest absolute Gasteiger partial charge is 0.306 e. The molecule has 1 fully saturated rings. The molecule has 0 spiro atoms. The molecule has 1 amide bonds. The molecular formula is C58H93NO10. The molecule has 0 bridgehead atoms. The fourth-order valence-corrected chi connectivity index (χ4v) is 7.39. The Morgan fingerprint density at radius 1 is 0.580 bits per heavy atom. The lowest BCUT2D eigenvalue weighted by atomic mass is 9.99. The predicted octanol–water partition coefficient (Wildman–Crippen LogP) is 11.2. The summed E-state index contributed by atoms with van der Waals surface area (Å²) in [5.41, 5.74) is 0. The monoisotopic (exact) mass is 964 g/mol. The first-order valence-electron chi connectivity index (χ1n) is 26.4. The zero-order valence-corrected chi connectivity index (χ0v) is 42.6. The summed E-state index contributed by atoms with van der Waals surface area (Å²) in [6.07, 6.45) is 51.2. The summed E-state index contributed by atoms with van der Waals surface area (Å²) in [7, 11) is 0. The van der Waals surface area contributed by atoms with Crippen molar-refractivity contribution in [2.75, 3.05) is 13.2 Å². The van der Waals surface area contributed by atoms with E-state index in [1.54, 1.807) is 6.08 Å². The average molecular weight is 964 g/mol. The van der Waals surface area contributed by atoms with Crippen LogP contribution in [0.15, 0.2) is 122 Å². The van der Waals surface area contributed by atoms with Crippen LogP contribution in [-0.2, 0) is 23.8 Å². The maximum absolute atomic E-state index is 13.3. The van der Waals surface area contributed by atoms with Gasteiger partial charge in [0.2, 0.25) is 5.91 Å². The first-order chi connectivity index (χ1) is 33.7. The number of hydrogen-bond donors (Lipinski definition) is 6. The summed E-state index contributed by atoms with van der Waals surface area (Å²) >= 11 is 0. The molecule has 0 aromatic rings. The molecule has 390 valence electrons. The molecule has 69 heavy (non-hydrogen) atoms. The van der Waals surface area contributed by atoms with Crippen molar-refractivity contribution < 1.29 is 49.3 Å². The minimum absolute atomic E-state index is 0.0810. The summed E-state index contributed by atoms with van der Waals surface area (Å²) in [6.45, 7) is 5.39. The number of aliphatic hydroxyl groups is 5. The van der Waals surface area contributed by atoms with Gasteiger partial charge in [-0.1, -0.05) is 226 Å². The Morgan fingerprint density at radius 3 is 1.57 bits per heavy atom. The van der Waals surface area contributed by atoms with Crippen molar-refractivity contribution in [2.24, 2.45) is 0 Å². The molecule has 6 N–H and O–H groups in total.